The van der Waals surface area contributed by atoms with Crippen molar-refractivity contribution in [2.75, 3.05) is 26.4 Å². The van der Waals surface area contributed by atoms with Gasteiger partial charge in [0.1, 0.15) is 6.61 Å². The molecule has 0 saturated heterocycles. The lowest BCUT2D eigenvalue weighted by atomic mass is 10.0. The first-order valence-electron chi connectivity index (χ1n) is 27.8. The number of esters is 2. The summed E-state index contributed by atoms with van der Waals surface area (Å²) in [7, 11) is -4.54. The van der Waals surface area contributed by atoms with Crippen molar-refractivity contribution in [1.29, 1.82) is 0 Å². The van der Waals surface area contributed by atoms with Gasteiger partial charge in [-0.1, -0.05) is 231 Å². The minimum Gasteiger partial charge on any atom is -0.462 e. The highest BCUT2D eigenvalue weighted by Crippen LogP contribution is 2.43. The number of unbranched alkanes of at least 4 members (excludes halogenated alkanes) is 32. The number of ether oxygens (including phenoxy) is 2. The molecule has 2 N–H and O–H groups in total. The molecule has 0 bridgehead atoms. The van der Waals surface area contributed by atoms with Crippen LogP contribution in [-0.4, -0.2) is 55.2 Å². The first-order chi connectivity index (χ1) is 32.2. The molecule has 0 spiro atoms. The van der Waals surface area contributed by atoms with Crippen LogP contribution < -0.4 is 5.32 Å². The van der Waals surface area contributed by atoms with E-state index in [9.17, 15) is 23.8 Å². The van der Waals surface area contributed by atoms with Gasteiger partial charge in [0.25, 0.3) is 0 Å². The molecule has 0 aromatic rings. The topological polar surface area (TPSA) is 137 Å². The van der Waals surface area contributed by atoms with E-state index in [1.165, 1.54) is 148 Å². The SMILES string of the molecule is CCCCCC=CCC=CCCCCCCCC(=O)NCCOP(=O)(O)OCC(COC(=O)CCCCCCCCCCCCCCC)OC(=O)CCCCCCCCCCCCCCC. The number of carbonyl (C=O) groups is 3. The molecule has 0 aliphatic heterocycles. The fourth-order valence-electron chi connectivity index (χ4n) is 7.94. The molecule has 0 fully saturated rings. The molecule has 0 aromatic carbocycles. The van der Waals surface area contributed by atoms with Gasteiger partial charge >= 0.3 is 19.8 Å². The van der Waals surface area contributed by atoms with Crippen LogP contribution in [0, 0.1) is 0 Å². The van der Waals surface area contributed by atoms with Gasteiger partial charge in [-0.2, -0.15) is 0 Å². The minimum atomic E-state index is -4.54. The van der Waals surface area contributed by atoms with E-state index in [1.807, 2.05) is 0 Å². The normalized spacial score (nSPS) is 13.1. The molecule has 2 unspecified atom stereocenters. The molecular weight excluding hydrogens is 850 g/mol. The van der Waals surface area contributed by atoms with Crippen molar-refractivity contribution in [1.82, 2.24) is 5.32 Å². The van der Waals surface area contributed by atoms with Crippen LogP contribution in [0.25, 0.3) is 0 Å². The molecule has 1 amide bonds. The van der Waals surface area contributed by atoms with Crippen LogP contribution >= 0.6 is 7.82 Å². The molecule has 0 heterocycles. The van der Waals surface area contributed by atoms with E-state index in [-0.39, 0.29) is 38.5 Å². The molecular formula is C55H104NO9P. The quantitative estimate of drug-likeness (QED) is 0.0264. The molecule has 0 aromatic heterocycles. The standard InChI is InChI=1S/C55H104NO9P/c1-4-7-10-13-16-19-22-25-26-29-30-33-36-39-42-45-53(57)56-48-49-63-66(60,61)64-51-52(65-55(59)47-44-41-38-35-32-28-24-21-18-15-12-9-6-3)50-62-54(58)46-43-40-37-34-31-27-23-20-17-14-11-8-5-2/h16,19,25-26,52H,4-15,17-18,20-24,27-51H2,1-3H3,(H,56,57)(H,60,61). The van der Waals surface area contributed by atoms with Gasteiger partial charge in [0.2, 0.25) is 5.91 Å². The van der Waals surface area contributed by atoms with Gasteiger partial charge in [-0.05, 0) is 51.4 Å². The van der Waals surface area contributed by atoms with Gasteiger partial charge in [0.15, 0.2) is 6.10 Å². The summed E-state index contributed by atoms with van der Waals surface area (Å²) in [5, 5.41) is 2.73. The molecule has 2 atom stereocenters. The number of hydrogen-bond donors (Lipinski definition) is 2. The molecule has 388 valence electrons. The Morgan fingerprint density at radius 3 is 1.32 bits per heavy atom. The highest BCUT2D eigenvalue weighted by atomic mass is 31.2. The van der Waals surface area contributed by atoms with E-state index in [1.54, 1.807) is 0 Å². The number of nitrogens with one attached hydrogen (secondary N) is 1. The van der Waals surface area contributed by atoms with Crippen molar-refractivity contribution in [2.45, 2.75) is 284 Å². The van der Waals surface area contributed by atoms with E-state index >= 15 is 0 Å². The Kier molecular flexibility index (Phi) is 49.3. The Bertz CT molecular complexity index is 1190. The Morgan fingerprint density at radius 2 is 0.848 bits per heavy atom. The fourth-order valence-corrected chi connectivity index (χ4v) is 8.70. The molecule has 66 heavy (non-hydrogen) atoms. The smallest absolute Gasteiger partial charge is 0.462 e. The number of allylic oxidation sites excluding steroid dienone is 4. The Balaban J connectivity index is 4.49. The number of carbonyl (C=O) groups excluding carboxylic acids is 3. The largest absolute Gasteiger partial charge is 0.472 e. The first-order valence-corrected chi connectivity index (χ1v) is 29.3. The van der Waals surface area contributed by atoms with Crippen molar-refractivity contribution >= 4 is 25.7 Å². The third-order valence-electron chi connectivity index (χ3n) is 12.2. The van der Waals surface area contributed by atoms with Gasteiger partial charge < -0.3 is 19.7 Å². The Morgan fingerprint density at radius 1 is 0.470 bits per heavy atom. The van der Waals surface area contributed by atoms with Crippen molar-refractivity contribution < 1.29 is 42.4 Å². The van der Waals surface area contributed by atoms with Gasteiger partial charge in [-0.15, -0.1) is 0 Å². The average Bonchev–Trinajstić information content (AvgIpc) is 3.30. The Labute approximate surface area is 406 Å². The summed E-state index contributed by atoms with van der Waals surface area (Å²) in [5.41, 5.74) is 0. The van der Waals surface area contributed by atoms with E-state index in [4.69, 9.17) is 18.5 Å². The highest BCUT2D eigenvalue weighted by molar-refractivity contribution is 7.47. The second kappa shape index (κ2) is 50.9. The maximum Gasteiger partial charge on any atom is 0.472 e. The van der Waals surface area contributed by atoms with Crippen molar-refractivity contribution in [3.63, 3.8) is 0 Å². The second-order valence-electron chi connectivity index (χ2n) is 18.7. The summed E-state index contributed by atoms with van der Waals surface area (Å²) >= 11 is 0. The van der Waals surface area contributed by atoms with Crippen molar-refractivity contribution in [2.24, 2.45) is 0 Å². The summed E-state index contributed by atoms with van der Waals surface area (Å²) in [4.78, 5) is 48.1. The third-order valence-corrected chi connectivity index (χ3v) is 13.1. The average molecular weight is 954 g/mol. The van der Waals surface area contributed by atoms with Crippen LogP contribution in [0.3, 0.4) is 0 Å². The molecule has 0 aliphatic carbocycles. The zero-order chi connectivity index (χ0) is 48.3. The number of rotatable bonds is 52. The zero-order valence-corrected chi connectivity index (χ0v) is 44.1. The van der Waals surface area contributed by atoms with E-state index < -0.39 is 32.5 Å². The maximum absolute atomic E-state index is 12.8. The minimum absolute atomic E-state index is 0.0569. The van der Waals surface area contributed by atoms with E-state index in [2.05, 4.69) is 50.4 Å². The number of phosphoric ester groups is 1. The van der Waals surface area contributed by atoms with Gasteiger partial charge in [-0.25, -0.2) is 4.57 Å². The van der Waals surface area contributed by atoms with Crippen molar-refractivity contribution in [3.05, 3.63) is 24.3 Å². The van der Waals surface area contributed by atoms with Crippen molar-refractivity contribution in [3.8, 4) is 0 Å². The lowest BCUT2D eigenvalue weighted by molar-refractivity contribution is -0.161. The summed E-state index contributed by atoms with van der Waals surface area (Å²) in [6.45, 7) is 5.82. The first kappa shape index (κ1) is 64.0. The lowest BCUT2D eigenvalue weighted by Crippen LogP contribution is -2.30. The summed E-state index contributed by atoms with van der Waals surface area (Å²) in [6, 6.07) is 0. The van der Waals surface area contributed by atoms with Crippen LogP contribution in [0.2, 0.25) is 0 Å². The van der Waals surface area contributed by atoms with Crippen LogP contribution in [-0.2, 0) is 37.5 Å². The van der Waals surface area contributed by atoms with Crippen LogP contribution in [0.4, 0.5) is 0 Å². The number of hydrogen-bond acceptors (Lipinski definition) is 8. The predicted molar refractivity (Wildman–Crippen MR) is 276 cm³/mol. The fraction of sp³-hybridized carbons (Fsp3) is 0.873. The summed E-state index contributed by atoms with van der Waals surface area (Å²) in [6.07, 6.45) is 52.5. The second-order valence-corrected chi connectivity index (χ2v) is 20.2. The van der Waals surface area contributed by atoms with E-state index in [0.717, 1.165) is 83.5 Å². The molecule has 0 aliphatic rings. The molecule has 11 heteroatoms. The monoisotopic (exact) mass is 954 g/mol. The Hall–Kier alpha value is -2.00. The van der Waals surface area contributed by atoms with Gasteiger partial charge in [0.05, 0.1) is 13.2 Å². The van der Waals surface area contributed by atoms with Gasteiger partial charge in [0, 0.05) is 25.8 Å². The third kappa shape index (κ3) is 49.9. The lowest BCUT2D eigenvalue weighted by Gasteiger charge is -2.20. The molecule has 0 radical (unpaired) electrons. The van der Waals surface area contributed by atoms with E-state index in [0.29, 0.717) is 12.8 Å². The van der Waals surface area contributed by atoms with Crippen LogP contribution in [0.15, 0.2) is 24.3 Å². The highest BCUT2D eigenvalue weighted by Gasteiger charge is 2.26. The van der Waals surface area contributed by atoms with Crippen LogP contribution in [0.1, 0.15) is 278 Å². The summed E-state index contributed by atoms with van der Waals surface area (Å²) < 4.78 is 34.1. The molecule has 0 saturated carbocycles. The number of phosphoric acid groups is 1. The molecule has 0 rings (SSSR count). The number of amides is 1. The maximum atomic E-state index is 12.8. The summed E-state index contributed by atoms with van der Waals surface area (Å²) in [5.74, 6) is -0.983. The molecule has 10 nitrogen and oxygen atoms in total. The van der Waals surface area contributed by atoms with Gasteiger partial charge in [-0.3, -0.25) is 23.4 Å². The van der Waals surface area contributed by atoms with Crippen LogP contribution in [0.5, 0.6) is 0 Å². The predicted octanol–water partition coefficient (Wildman–Crippen LogP) is 16.5. The zero-order valence-electron chi connectivity index (χ0n) is 43.2.